The van der Waals surface area contributed by atoms with Gasteiger partial charge in [0, 0.05) is 7.05 Å². The molecule has 0 aliphatic heterocycles. The van der Waals surface area contributed by atoms with Crippen LogP contribution in [0.5, 0.6) is 0 Å². The molecule has 0 saturated heterocycles. The molecule has 0 aromatic heterocycles. The third-order valence-electron chi connectivity index (χ3n) is 2.94. The minimum absolute atomic E-state index is 0.121. The molecular weight excluding hydrogens is 286 g/mol. The molecule has 0 unspecified atom stereocenters. The van der Waals surface area contributed by atoms with Gasteiger partial charge in [0.15, 0.2) is 0 Å². The number of hydrogen-bond acceptors (Lipinski definition) is 4. The Morgan fingerprint density at radius 1 is 1.00 bits per heavy atom. The highest BCUT2D eigenvalue weighted by Gasteiger charge is 2.20. The molecular formula is C15H21N3O4. The largest absolute Gasteiger partial charge is 0.445 e. The quantitative estimate of drug-likeness (QED) is 0.715. The highest BCUT2D eigenvalue weighted by molar-refractivity contribution is 5.90. The van der Waals surface area contributed by atoms with Crippen LogP contribution in [-0.2, 0) is 20.9 Å². The van der Waals surface area contributed by atoms with Crippen molar-refractivity contribution in [3.05, 3.63) is 35.9 Å². The van der Waals surface area contributed by atoms with E-state index in [4.69, 9.17) is 4.74 Å². The van der Waals surface area contributed by atoms with Crippen LogP contribution < -0.4 is 16.0 Å². The fourth-order valence-corrected chi connectivity index (χ4v) is 1.63. The number of likely N-dealkylation sites (N-methyl/N-ethyl adjacent to an activating group) is 1. The van der Waals surface area contributed by atoms with Crippen LogP contribution in [0.1, 0.15) is 19.4 Å². The predicted molar refractivity (Wildman–Crippen MR) is 80.9 cm³/mol. The first kappa shape index (κ1) is 17.5. The zero-order chi connectivity index (χ0) is 16.5. The average Bonchev–Trinajstić information content (AvgIpc) is 2.52. The van der Waals surface area contributed by atoms with Gasteiger partial charge in [-0.15, -0.1) is 0 Å². The molecule has 1 rings (SSSR count). The number of ether oxygens (including phenoxy) is 1. The number of amides is 3. The Labute approximate surface area is 129 Å². The number of hydrogen-bond donors (Lipinski definition) is 3. The highest BCUT2D eigenvalue weighted by Crippen LogP contribution is 2.00. The summed E-state index contributed by atoms with van der Waals surface area (Å²) in [4.78, 5) is 34.8. The first-order valence-corrected chi connectivity index (χ1v) is 6.93. The van der Waals surface area contributed by atoms with Crippen molar-refractivity contribution < 1.29 is 19.1 Å². The molecule has 0 aliphatic carbocycles. The monoisotopic (exact) mass is 307 g/mol. The van der Waals surface area contributed by atoms with Crippen LogP contribution in [0.25, 0.3) is 0 Å². The van der Waals surface area contributed by atoms with Crippen molar-refractivity contribution in [1.82, 2.24) is 16.0 Å². The lowest BCUT2D eigenvalue weighted by atomic mass is 10.2. The Balaban J connectivity index is 2.37. The van der Waals surface area contributed by atoms with Crippen molar-refractivity contribution in [3.63, 3.8) is 0 Å². The Hall–Kier alpha value is -2.57. The maximum atomic E-state index is 11.8. The topological polar surface area (TPSA) is 96.5 Å². The Kier molecular flexibility index (Phi) is 6.88. The van der Waals surface area contributed by atoms with Crippen molar-refractivity contribution >= 4 is 17.9 Å². The molecule has 7 nitrogen and oxygen atoms in total. The van der Waals surface area contributed by atoms with Gasteiger partial charge in [0.05, 0.1) is 0 Å². The molecule has 3 amide bonds. The molecule has 2 atom stereocenters. The third-order valence-corrected chi connectivity index (χ3v) is 2.94. The van der Waals surface area contributed by atoms with Crippen LogP contribution >= 0.6 is 0 Å². The molecule has 0 saturated carbocycles. The molecule has 0 spiro atoms. The summed E-state index contributed by atoms with van der Waals surface area (Å²) in [5.41, 5.74) is 0.850. The van der Waals surface area contributed by atoms with Gasteiger partial charge in [-0.05, 0) is 19.4 Å². The van der Waals surface area contributed by atoms with E-state index in [0.717, 1.165) is 5.56 Å². The molecule has 1 aromatic rings. The lowest BCUT2D eigenvalue weighted by Crippen LogP contribution is -2.51. The molecule has 0 radical (unpaired) electrons. The summed E-state index contributed by atoms with van der Waals surface area (Å²) in [6, 6.07) is 7.71. The zero-order valence-electron chi connectivity index (χ0n) is 12.9. The lowest BCUT2D eigenvalue weighted by molar-refractivity contribution is -0.129. The van der Waals surface area contributed by atoms with Crippen LogP contribution in [0.2, 0.25) is 0 Å². The number of alkyl carbamates (subject to hydrolysis) is 1. The fourth-order valence-electron chi connectivity index (χ4n) is 1.63. The number of nitrogens with one attached hydrogen (secondary N) is 3. The second-order valence-electron chi connectivity index (χ2n) is 4.77. The standard InChI is InChI=1S/C15H21N3O4/c1-10(13(19)16-3)17-14(20)11(2)18-15(21)22-9-12-7-5-4-6-8-12/h4-8,10-11H,9H2,1-3H3,(H,16,19)(H,17,20)(H,18,21)/t10-,11-/m1/s1. The number of carbonyl (C=O) groups is 3. The van der Waals surface area contributed by atoms with Gasteiger partial charge in [0.1, 0.15) is 18.7 Å². The fraction of sp³-hybridized carbons (Fsp3) is 0.400. The first-order chi connectivity index (χ1) is 10.4. The summed E-state index contributed by atoms with van der Waals surface area (Å²) in [6.45, 7) is 3.18. The second-order valence-corrected chi connectivity index (χ2v) is 4.77. The number of rotatable bonds is 6. The lowest BCUT2D eigenvalue weighted by Gasteiger charge is -2.17. The number of benzene rings is 1. The van der Waals surface area contributed by atoms with E-state index in [0.29, 0.717) is 0 Å². The van der Waals surface area contributed by atoms with Crippen LogP contribution in [0.15, 0.2) is 30.3 Å². The smallest absolute Gasteiger partial charge is 0.408 e. The van der Waals surface area contributed by atoms with Crippen molar-refractivity contribution in [2.75, 3.05) is 7.05 Å². The van der Waals surface area contributed by atoms with E-state index in [1.165, 1.54) is 14.0 Å². The number of carbonyl (C=O) groups excluding carboxylic acids is 3. The van der Waals surface area contributed by atoms with Gasteiger partial charge in [-0.25, -0.2) is 4.79 Å². The summed E-state index contributed by atoms with van der Waals surface area (Å²) < 4.78 is 5.01. The highest BCUT2D eigenvalue weighted by atomic mass is 16.5. The molecule has 7 heteroatoms. The van der Waals surface area contributed by atoms with Crippen molar-refractivity contribution in [3.8, 4) is 0 Å². The van der Waals surface area contributed by atoms with E-state index >= 15 is 0 Å². The van der Waals surface area contributed by atoms with Gasteiger partial charge in [-0.3, -0.25) is 9.59 Å². The van der Waals surface area contributed by atoms with E-state index in [-0.39, 0.29) is 12.5 Å². The maximum absolute atomic E-state index is 11.8. The Bertz CT molecular complexity index is 519. The van der Waals surface area contributed by atoms with E-state index < -0.39 is 24.1 Å². The molecule has 1 aromatic carbocycles. The minimum atomic E-state index is -0.810. The average molecular weight is 307 g/mol. The summed E-state index contributed by atoms with van der Waals surface area (Å²) >= 11 is 0. The minimum Gasteiger partial charge on any atom is -0.445 e. The van der Waals surface area contributed by atoms with Crippen molar-refractivity contribution in [1.29, 1.82) is 0 Å². The second kappa shape index (κ2) is 8.66. The Morgan fingerprint density at radius 2 is 1.59 bits per heavy atom. The molecule has 22 heavy (non-hydrogen) atoms. The van der Waals surface area contributed by atoms with Gasteiger partial charge in [0.25, 0.3) is 0 Å². The predicted octanol–water partition coefficient (Wildman–Crippen LogP) is 0.552. The van der Waals surface area contributed by atoms with Gasteiger partial charge in [-0.1, -0.05) is 30.3 Å². The van der Waals surface area contributed by atoms with E-state index in [9.17, 15) is 14.4 Å². The Morgan fingerprint density at radius 3 is 2.18 bits per heavy atom. The SMILES string of the molecule is CNC(=O)[C@@H](C)NC(=O)[C@@H](C)NC(=O)OCc1ccccc1. The van der Waals surface area contributed by atoms with E-state index in [2.05, 4.69) is 16.0 Å². The zero-order valence-corrected chi connectivity index (χ0v) is 12.9. The van der Waals surface area contributed by atoms with Gasteiger partial charge in [-0.2, -0.15) is 0 Å². The summed E-state index contributed by atoms with van der Waals surface area (Å²) in [5, 5.41) is 7.32. The normalized spacial score (nSPS) is 12.7. The molecule has 3 N–H and O–H groups in total. The van der Waals surface area contributed by atoms with E-state index in [1.54, 1.807) is 6.92 Å². The van der Waals surface area contributed by atoms with E-state index in [1.807, 2.05) is 30.3 Å². The van der Waals surface area contributed by atoms with Crippen LogP contribution in [0.3, 0.4) is 0 Å². The van der Waals surface area contributed by atoms with Gasteiger partial charge in [0.2, 0.25) is 11.8 Å². The molecule has 0 fully saturated rings. The van der Waals surface area contributed by atoms with Gasteiger partial charge >= 0.3 is 6.09 Å². The van der Waals surface area contributed by atoms with Crippen molar-refractivity contribution in [2.24, 2.45) is 0 Å². The first-order valence-electron chi connectivity index (χ1n) is 6.93. The summed E-state index contributed by atoms with van der Waals surface area (Å²) in [6.07, 6.45) is -0.695. The molecule has 120 valence electrons. The van der Waals surface area contributed by atoms with Crippen molar-refractivity contribution in [2.45, 2.75) is 32.5 Å². The summed E-state index contributed by atoms with van der Waals surface area (Å²) in [7, 11) is 1.48. The summed E-state index contributed by atoms with van der Waals surface area (Å²) in [5.74, 6) is -0.778. The maximum Gasteiger partial charge on any atom is 0.408 e. The van der Waals surface area contributed by atoms with Crippen LogP contribution in [0, 0.1) is 0 Å². The van der Waals surface area contributed by atoms with Gasteiger partial charge < -0.3 is 20.7 Å². The molecule has 0 heterocycles. The molecule has 0 bridgehead atoms. The van der Waals surface area contributed by atoms with Crippen LogP contribution in [-0.4, -0.2) is 37.0 Å². The molecule has 0 aliphatic rings. The van der Waals surface area contributed by atoms with Crippen LogP contribution in [0.4, 0.5) is 4.79 Å². The third kappa shape index (κ3) is 5.82.